The van der Waals surface area contributed by atoms with Crippen LogP contribution in [0.4, 0.5) is 11.4 Å². The summed E-state index contributed by atoms with van der Waals surface area (Å²) in [5.41, 5.74) is 10.6. The molecule has 9 aromatic rings. The Morgan fingerprint density at radius 3 is 1.89 bits per heavy atom. The molecule has 2 nitrogen and oxygen atoms in total. The highest BCUT2D eigenvalue weighted by Crippen LogP contribution is 2.49. The van der Waals surface area contributed by atoms with E-state index in [2.05, 4.69) is 181 Å². The number of nitrogens with one attached hydrogen (secondary N) is 1. The molecule has 1 aliphatic rings. The first-order valence-electron chi connectivity index (χ1n) is 18.3. The zero-order valence-corrected chi connectivity index (χ0v) is 29.2. The molecular formula is C51H36N2. The Bertz CT molecular complexity index is 2900. The second-order valence-corrected chi connectivity index (χ2v) is 14.0. The number of para-hydroxylation sites is 1. The quantitative estimate of drug-likeness (QED) is 0.106. The Kier molecular flexibility index (Phi) is 7.30. The van der Waals surface area contributed by atoms with Crippen LogP contribution in [-0.4, -0.2) is 12.3 Å². The van der Waals surface area contributed by atoms with Crippen LogP contribution in [0.25, 0.3) is 76.5 Å². The van der Waals surface area contributed by atoms with E-state index >= 15 is 0 Å². The Morgan fingerprint density at radius 2 is 1.09 bits per heavy atom. The molecular weight excluding hydrogens is 641 g/mol. The topological polar surface area (TPSA) is 27.1 Å². The van der Waals surface area contributed by atoms with Gasteiger partial charge in [-0.1, -0.05) is 146 Å². The Labute approximate surface area is 309 Å². The van der Waals surface area contributed by atoms with Crippen LogP contribution in [0.15, 0.2) is 189 Å². The molecule has 0 aromatic heterocycles. The maximum Gasteiger partial charge on any atom is 0.0638 e. The van der Waals surface area contributed by atoms with Crippen LogP contribution in [0.5, 0.6) is 0 Å². The van der Waals surface area contributed by atoms with E-state index in [4.69, 9.17) is 5.41 Å². The van der Waals surface area contributed by atoms with Crippen LogP contribution in [-0.2, 0) is 0 Å². The number of anilines is 2. The lowest BCUT2D eigenvalue weighted by molar-refractivity contribution is 0.790. The van der Waals surface area contributed by atoms with Crippen molar-refractivity contribution in [3.63, 3.8) is 0 Å². The summed E-state index contributed by atoms with van der Waals surface area (Å²) in [7, 11) is 0. The number of benzene rings is 9. The number of rotatable bonds is 6. The first-order valence-corrected chi connectivity index (χ1v) is 18.3. The van der Waals surface area contributed by atoms with Crippen LogP contribution < -0.4 is 4.90 Å². The SMILES string of the molecule is C=CC1C(C=N)c2cc(-c3ccc4c(-c5ccc6ccccc6c5)c5ccccc5c(-c5cccc6ccccc56)c4c3)ccc2N1c1ccccc1. The molecule has 0 bridgehead atoms. The molecule has 0 saturated heterocycles. The molecule has 0 saturated carbocycles. The number of fused-ring (bicyclic) bond motifs is 5. The van der Waals surface area contributed by atoms with Crippen LogP contribution >= 0.6 is 0 Å². The molecule has 10 rings (SSSR count). The predicted octanol–water partition coefficient (Wildman–Crippen LogP) is 13.7. The largest absolute Gasteiger partial charge is 0.333 e. The van der Waals surface area contributed by atoms with Crippen molar-refractivity contribution in [2.75, 3.05) is 4.90 Å². The van der Waals surface area contributed by atoms with Crippen LogP contribution in [0.2, 0.25) is 0 Å². The highest BCUT2D eigenvalue weighted by molar-refractivity contribution is 6.24. The van der Waals surface area contributed by atoms with Gasteiger partial charge in [-0.3, -0.25) is 0 Å². The summed E-state index contributed by atoms with van der Waals surface area (Å²) in [5, 5.41) is 18.4. The number of nitrogens with zero attached hydrogens (tertiary/aromatic N) is 1. The lowest BCUT2D eigenvalue weighted by Crippen LogP contribution is -2.28. The van der Waals surface area contributed by atoms with E-state index < -0.39 is 0 Å². The van der Waals surface area contributed by atoms with Gasteiger partial charge in [0.05, 0.1) is 6.04 Å². The standard InChI is InChI=1S/C51H36N2/c1-2-48-47(32-52)45-30-37(26-28-49(45)53(48)39-17-4-3-5-18-39)36-25-27-44-46(31-36)51(41-22-12-16-34-14-8-9-19-40(34)41)43-21-11-10-20-42(43)50(44)38-24-23-33-13-6-7-15-35(33)29-38/h2-32,47-48,52H,1H2. The van der Waals surface area contributed by atoms with Gasteiger partial charge >= 0.3 is 0 Å². The molecule has 0 amide bonds. The van der Waals surface area contributed by atoms with Crippen molar-refractivity contribution < 1.29 is 0 Å². The smallest absolute Gasteiger partial charge is 0.0638 e. The molecule has 250 valence electrons. The van der Waals surface area contributed by atoms with Gasteiger partial charge in [0.15, 0.2) is 0 Å². The molecule has 9 aromatic carbocycles. The van der Waals surface area contributed by atoms with E-state index in [0.29, 0.717) is 0 Å². The molecule has 53 heavy (non-hydrogen) atoms. The highest BCUT2D eigenvalue weighted by Gasteiger charge is 2.36. The van der Waals surface area contributed by atoms with E-state index in [9.17, 15) is 0 Å². The van der Waals surface area contributed by atoms with E-state index in [1.54, 1.807) is 6.21 Å². The Balaban J connectivity index is 1.25. The average molecular weight is 677 g/mol. The van der Waals surface area contributed by atoms with Crippen molar-refractivity contribution in [2.24, 2.45) is 0 Å². The van der Waals surface area contributed by atoms with Crippen molar-refractivity contribution >= 4 is 60.7 Å². The molecule has 2 unspecified atom stereocenters. The molecule has 2 heteroatoms. The highest BCUT2D eigenvalue weighted by atomic mass is 15.2. The summed E-state index contributed by atoms with van der Waals surface area (Å²) in [6.45, 7) is 4.20. The third kappa shape index (κ3) is 4.91. The molecule has 0 aliphatic carbocycles. The van der Waals surface area contributed by atoms with E-state index in [0.717, 1.165) is 28.1 Å². The summed E-state index contributed by atoms with van der Waals surface area (Å²) in [6.07, 6.45) is 3.56. The summed E-state index contributed by atoms with van der Waals surface area (Å²) in [4.78, 5) is 2.32. The molecule has 2 atom stereocenters. The minimum absolute atomic E-state index is 0.0365. The van der Waals surface area contributed by atoms with E-state index in [1.165, 1.54) is 65.3 Å². The van der Waals surface area contributed by atoms with Gasteiger partial charge in [0.2, 0.25) is 0 Å². The molecule has 0 fully saturated rings. The first kappa shape index (κ1) is 31.0. The zero-order valence-electron chi connectivity index (χ0n) is 29.2. The normalized spacial score (nSPS) is 15.3. The number of hydrogen-bond donors (Lipinski definition) is 1. The van der Waals surface area contributed by atoms with Crippen LogP contribution in [0.1, 0.15) is 11.5 Å². The fourth-order valence-electron chi connectivity index (χ4n) is 8.81. The van der Waals surface area contributed by atoms with Gasteiger partial charge in [-0.05, 0) is 118 Å². The minimum atomic E-state index is -0.0993. The van der Waals surface area contributed by atoms with Gasteiger partial charge in [-0.15, -0.1) is 6.58 Å². The third-order valence-electron chi connectivity index (χ3n) is 11.2. The van der Waals surface area contributed by atoms with Gasteiger partial charge in [-0.25, -0.2) is 0 Å². The van der Waals surface area contributed by atoms with Gasteiger partial charge in [0.25, 0.3) is 0 Å². The second kappa shape index (κ2) is 12.5. The lowest BCUT2D eigenvalue weighted by Gasteiger charge is -2.27. The first-order chi connectivity index (χ1) is 26.2. The average Bonchev–Trinajstić information content (AvgIpc) is 3.55. The fraction of sp³-hybridized carbons (Fsp3) is 0.0392. The van der Waals surface area contributed by atoms with Gasteiger partial charge in [0.1, 0.15) is 0 Å². The molecule has 1 heterocycles. The van der Waals surface area contributed by atoms with Crippen molar-refractivity contribution in [3.8, 4) is 33.4 Å². The summed E-state index contributed by atoms with van der Waals surface area (Å²) >= 11 is 0. The summed E-state index contributed by atoms with van der Waals surface area (Å²) < 4.78 is 0. The van der Waals surface area contributed by atoms with E-state index in [1.807, 2.05) is 12.1 Å². The number of hydrogen-bond acceptors (Lipinski definition) is 2. The summed E-state index contributed by atoms with van der Waals surface area (Å²) in [6, 6.07) is 64.0. The fourth-order valence-corrected chi connectivity index (χ4v) is 8.81. The Morgan fingerprint density at radius 1 is 0.472 bits per heavy atom. The predicted molar refractivity (Wildman–Crippen MR) is 227 cm³/mol. The van der Waals surface area contributed by atoms with E-state index in [-0.39, 0.29) is 12.0 Å². The van der Waals surface area contributed by atoms with Crippen molar-refractivity contribution in [1.29, 1.82) is 5.41 Å². The van der Waals surface area contributed by atoms with Crippen molar-refractivity contribution in [2.45, 2.75) is 12.0 Å². The van der Waals surface area contributed by atoms with Gasteiger partial charge in [-0.2, -0.15) is 0 Å². The lowest BCUT2D eigenvalue weighted by atomic mass is 9.83. The van der Waals surface area contributed by atoms with Crippen LogP contribution in [0, 0.1) is 5.41 Å². The van der Waals surface area contributed by atoms with Crippen LogP contribution in [0.3, 0.4) is 0 Å². The maximum atomic E-state index is 8.52. The molecule has 1 aliphatic heterocycles. The molecule has 0 radical (unpaired) electrons. The Hall–Kier alpha value is -6.77. The van der Waals surface area contributed by atoms with Gasteiger partial charge in [0, 0.05) is 23.5 Å². The zero-order chi connectivity index (χ0) is 35.5. The monoisotopic (exact) mass is 676 g/mol. The maximum absolute atomic E-state index is 8.52. The minimum Gasteiger partial charge on any atom is -0.333 e. The molecule has 1 N–H and O–H groups in total. The third-order valence-corrected chi connectivity index (χ3v) is 11.2. The second-order valence-electron chi connectivity index (χ2n) is 14.0. The van der Waals surface area contributed by atoms with Gasteiger partial charge < -0.3 is 10.3 Å². The summed E-state index contributed by atoms with van der Waals surface area (Å²) in [5.74, 6) is -0.0993. The molecule has 0 spiro atoms. The van der Waals surface area contributed by atoms with Crippen molar-refractivity contribution in [3.05, 3.63) is 194 Å². The van der Waals surface area contributed by atoms with Crippen molar-refractivity contribution in [1.82, 2.24) is 0 Å².